The maximum Gasteiger partial charge on any atom is 0.177 e. The zero-order valence-corrected chi connectivity index (χ0v) is 31.9. The second kappa shape index (κ2) is 11.8. The van der Waals surface area contributed by atoms with Crippen molar-refractivity contribution in [3.8, 4) is 0 Å². The summed E-state index contributed by atoms with van der Waals surface area (Å²) in [7, 11) is 0.248. The van der Waals surface area contributed by atoms with Gasteiger partial charge in [0.25, 0.3) is 0 Å². The van der Waals surface area contributed by atoms with Crippen LogP contribution in [0.25, 0.3) is 0 Å². The Morgan fingerprint density at radius 1 is 0.404 bits per heavy atom. The zero-order chi connectivity index (χ0) is 34.6. The third-order valence-corrected chi connectivity index (χ3v) is 15.4. The van der Waals surface area contributed by atoms with Gasteiger partial charge in [0.1, 0.15) is 0 Å². The molecule has 3 aliphatic rings. The number of benzene rings is 4. The molecule has 47 heavy (non-hydrogen) atoms. The van der Waals surface area contributed by atoms with Crippen molar-refractivity contribution in [2.45, 2.75) is 68.9 Å². The molecule has 2 heterocycles. The largest absolute Gasteiger partial charge is 0.177 e. The molecule has 0 saturated heterocycles. The van der Waals surface area contributed by atoms with E-state index in [1.807, 2.05) is 23.5 Å². The van der Waals surface area contributed by atoms with E-state index in [0.29, 0.717) is 10.5 Å². The summed E-state index contributed by atoms with van der Waals surface area (Å²) in [5, 5.41) is 1.39. The van der Waals surface area contributed by atoms with Crippen molar-refractivity contribution in [2.24, 2.45) is 0 Å². The fourth-order valence-corrected chi connectivity index (χ4v) is 14.9. The summed E-state index contributed by atoms with van der Waals surface area (Å²) >= 11 is -18.6. The van der Waals surface area contributed by atoms with E-state index in [1.165, 1.54) is 38.8 Å². The van der Waals surface area contributed by atoms with E-state index in [0.717, 1.165) is 0 Å². The molecule has 0 unspecified atom stereocenters. The number of fused-ring (bicyclic) bond motifs is 4. The SMILES string of the molecule is [F][Sb-]([F])([F])([F])([F])[F].[F][Sb-]([F])([F])([F])([F])[F].c1ccc2c(c1)Sc1ccccc1[S+]2[C@@H]1CCC[C@H]1[S+]1c2ccccc2Sc2ccccc21. The second-order valence-electron chi connectivity index (χ2n) is 10.6. The Morgan fingerprint density at radius 3 is 0.851 bits per heavy atom. The molecule has 2 atom stereocenters. The van der Waals surface area contributed by atoms with Crippen molar-refractivity contribution in [2.75, 3.05) is 0 Å². The molecule has 0 bridgehead atoms. The smallest absolute Gasteiger partial charge is 0.0795 e. The van der Waals surface area contributed by atoms with Crippen LogP contribution in [-0.4, -0.2) is 49.5 Å². The van der Waals surface area contributed by atoms with Crippen LogP contribution in [0.5, 0.6) is 0 Å². The molecule has 0 amide bonds. The van der Waals surface area contributed by atoms with Gasteiger partial charge in [-0.2, -0.15) is 0 Å². The van der Waals surface area contributed by atoms with Crippen LogP contribution in [0.3, 0.4) is 0 Å². The molecule has 1 fully saturated rings. The molecule has 0 nitrogen and oxygen atoms in total. The standard InChI is InChI=1S/C29H24S4.12FH.2Sb/c1-5-14-24-20(10-1)30-21-11-2-6-15-25(21)32(24)28-18-9-19-29(28)33-26-16-7-3-12-22(26)31-23-13-4-8-17-27(23)33;;;;;;;;;;;;;;/h1-8,10-17,28-29H,9,18-19H2;12*1H;;/q+2;;;;;;;;;;;;;2*+5/p-12/t28-,29-;;;;;;;;;;;;;;/m1............../s1. The molecule has 4 aromatic rings. The van der Waals surface area contributed by atoms with E-state index in [1.54, 1.807) is 19.6 Å². The summed E-state index contributed by atoms with van der Waals surface area (Å²) in [5.41, 5.74) is 0. The minimum absolute atomic E-state index is 0.124. The summed E-state index contributed by atoms with van der Waals surface area (Å²) in [6.07, 6.45) is 4.02. The first-order chi connectivity index (χ1) is 21.3. The monoisotopic (exact) mass is 970 g/mol. The Labute approximate surface area is 281 Å². The minimum atomic E-state index is -11.2. The molecule has 7 rings (SSSR count). The van der Waals surface area contributed by atoms with Gasteiger partial charge < -0.3 is 0 Å². The van der Waals surface area contributed by atoms with Crippen molar-refractivity contribution in [1.29, 1.82) is 0 Å². The summed E-state index contributed by atoms with van der Waals surface area (Å²) in [4.78, 5) is 12.2. The Kier molecular flexibility index (Phi) is 9.39. The van der Waals surface area contributed by atoms with E-state index in [4.69, 9.17) is 0 Å². The molecule has 1 aliphatic carbocycles. The second-order valence-corrected chi connectivity index (χ2v) is 28.0. The van der Waals surface area contributed by atoms with E-state index in [-0.39, 0.29) is 21.8 Å². The van der Waals surface area contributed by atoms with Crippen LogP contribution in [0, 0.1) is 0 Å². The minimum Gasteiger partial charge on any atom is -0.0795 e. The van der Waals surface area contributed by atoms with E-state index >= 15 is 0 Å². The van der Waals surface area contributed by atoms with Crippen LogP contribution in [0.15, 0.2) is 136 Å². The van der Waals surface area contributed by atoms with Gasteiger partial charge in [0.2, 0.25) is 0 Å². The number of hydrogen-bond acceptors (Lipinski definition) is 2. The predicted molar refractivity (Wildman–Crippen MR) is 168 cm³/mol. The van der Waals surface area contributed by atoms with Gasteiger partial charge in [0.05, 0.1) is 41.4 Å². The van der Waals surface area contributed by atoms with Crippen LogP contribution >= 0.6 is 23.5 Å². The Balaban J connectivity index is 0.000000262. The van der Waals surface area contributed by atoms with Gasteiger partial charge >= 0.3 is 72.7 Å². The van der Waals surface area contributed by atoms with Crippen LogP contribution in [-0.2, 0) is 21.8 Å². The van der Waals surface area contributed by atoms with Crippen LogP contribution < -0.4 is 0 Å². The normalized spacial score (nSPS) is 22.1. The van der Waals surface area contributed by atoms with Gasteiger partial charge in [-0.1, -0.05) is 72.1 Å². The average molecular weight is 972 g/mol. The molecule has 0 spiro atoms. The summed E-state index contributed by atoms with van der Waals surface area (Å²) in [6.45, 7) is 0. The number of halogens is 12. The molecule has 2 aliphatic heterocycles. The van der Waals surface area contributed by atoms with Crippen LogP contribution in [0.1, 0.15) is 19.3 Å². The van der Waals surface area contributed by atoms with Crippen LogP contribution in [0.2, 0.25) is 0 Å². The number of hydrogen-bond donors (Lipinski definition) is 0. The topological polar surface area (TPSA) is 0 Å². The van der Waals surface area contributed by atoms with Crippen molar-refractivity contribution >= 4 is 84.3 Å². The maximum absolute atomic E-state index is 11.2. The van der Waals surface area contributed by atoms with Crippen molar-refractivity contribution in [1.82, 2.24) is 0 Å². The van der Waals surface area contributed by atoms with E-state index < -0.39 is 39.0 Å². The van der Waals surface area contributed by atoms with Crippen molar-refractivity contribution in [3.63, 3.8) is 0 Å². The quantitative estimate of drug-likeness (QED) is 0.112. The molecule has 1 saturated carbocycles. The van der Waals surface area contributed by atoms with Gasteiger partial charge in [-0.15, -0.1) is 0 Å². The van der Waals surface area contributed by atoms with Gasteiger partial charge in [-0.25, -0.2) is 0 Å². The zero-order valence-electron chi connectivity index (χ0n) is 23.6. The molecule has 258 valence electrons. The molecule has 0 N–H and O–H groups in total. The predicted octanol–water partition coefficient (Wildman–Crippen LogP) is 12.6. The number of rotatable bonds is 2. The Bertz CT molecular complexity index is 1560. The first-order valence-corrected chi connectivity index (χ1v) is 29.4. The Morgan fingerprint density at radius 2 is 0.617 bits per heavy atom. The molecule has 0 radical (unpaired) electrons. The molecule has 4 aromatic carbocycles. The fourth-order valence-electron chi connectivity index (χ4n) is 5.42. The van der Waals surface area contributed by atoms with Gasteiger partial charge in [-0.3, -0.25) is 0 Å². The van der Waals surface area contributed by atoms with Gasteiger partial charge in [-0.05, 0) is 55.0 Å². The Hall–Kier alpha value is -0.924. The molecule has 18 heteroatoms. The average Bonchev–Trinajstić information content (AvgIpc) is 3.40. The summed E-state index contributed by atoms with van der Waals surface area (Å²) < 4.78 is 119. The molecular formula is C29H24F12S4Sb2. The third kappa shape index (κ3) is 11.6. The summed E-state index contributed by atoms with van der Waals surface area (Å²) in [5.74, 6) is 0. The van der Waals surface area contributed by atoms with Crippen molar-refractivity contribution in [3.05, 3.63) is 97.1 Å². The van der Waals surface area contributed by atoms with Crippen LogP contribution in [0.4, 0.5) is 33.8 Å². The van der Waals surface area contributed by atoms with E-state index in [9.17, 15) is 33.8 Å². The van der Waals surface area contributed by atoms with E-state index in [2.05, 4.69) is 97.1 Å². The van der Waals surface area contributed by atoms with Crippen molar-refractivity contribution < 1.29 is 33.8 Å². The molecular weight excluding hydrogens is 948 g/mol. The fraction of sp³-hybridized carbons (Fsp3) is 0.172. The molecule has 0 aromatic heterocycles. The third-order valence-electron chi connectivity index (χ3n) is 6.78. The van der Waals surface area contributed by atoms with Gasteiger partial charge in [0.15, 0.2) is 30.1 Å². The van der Waals surface area contributed by atoms with Gasteiger partial charge in [0, 0.05) is 12.8 Å². The first kappa shape index (κ1) is 37.3. The summed E-state index contributed by atoms with van der Waals surface area (Å²) in [6, 6.07) is 36.8. The first-order valence-electron chi connectivity index (χ1n) is 13.6. The maximum atomic E-state index is 9.93.